The molecular formula is C24H38N4O3. The summed E-state index contributed by atoms with van der Waals surface area (Å²) in [4.78, 5) is 16.9. The number of carbonyl (C=O) groups is 1. The molecule has 1 saturated carbocycles. The molecule has 1 aliphatic carbocycles. The predicted octanol–water partition coefficient (Wildman–Crippen LogP) is 3.60. The summed E-state index contributed by atoms with van der Waals surface area (Å²) in [5.74, 6) is 0.711. The lowest BCUT2D eigenvalue weighted by Crippen LogP contribution is -2.39. The molecule has 31 heavy (non-hydrogen) atoms. The molecule has 3 N–H and O–H groups in total. The van der Waals surface area contributed by atoms with Gasteiger partial charge in [-0.05, 0) is 50.3 Å². The van der Waals surface area contributed by atoms with Gasteiger partial charge in [0.15, 0.2) is 5.96 Å². The molecule has 0 aromatic heterocycles. The average Bonchev–Trinajstić information content (AvgIpc) is 3.20. The van der Waals surface area contributed by atoms with E-state index in [0.717, 1.165) is 43.1 Å². The van der Waals surface area contributed by atoms with Gasteiger partial charge in [0.25, 0.3) is 5.91 Å². The second-order valence-corrected chi connectivity index (χ2v) is 8.30. The molecule has 0 bridgehead atoms. The van der Waals surface area contributed by atoms with E-state index in [1.807, 2.05) is 24.3 Å². The number of anilines is 1. The predicted molar refractivity (Wildman–Crippen MR) is 124 cm³/mol. The van der Waals surface area contributed by atoms with Gasteiger partial charge >= 0.3 is 0 Å². The number of carbonyl (C=O) groups excluding carboxylic acids is 1. The number of nitrogens with one attached hydrogen (secondary N) is 3. The highest BCUT2D eigenvalue weighted by molar-refractivity contribution is 5.94. The number of benzene rings is 1. The van der Waals surface area contributed by atoms with E-state index in [-0.39, 0.29) is 12.0 Å². The molecule has 1 heterocycles. The maximum absolute atomic E-state index is 12.3. The van der Waals surface area contributed by atoms with Gasteiger partial charge in [0, 0.05) is 25.4 Å². The summed E-state index contributed by atoms with van der Waals surface area (Å²) in [5, 5.41) is 9.59. The fourth-order valence-corrected chi connectivity index (χ4v) is 4.07. The van der Waals surface area contributed by atoms with Crippen molar-refractivity contribution in [2.75, 3.05) is 31.6 Å². The molecule has 2 fully saturated rings. The molecule has 0 spiro atoms. The summed E-state index contributed by atoms with van der Waals surface area (Å²) < 4.78 is 11.5. The third kappa shape index (κ3) is 8.50. The van der Waals surface area contributed by atoms with Crippen molar-refractivity contribution in [3.8, 4) is 0 Å². The lowest BCUT2D eigenvalue weighted by molar-refractivity contribution is -0.124. The highest BCUT2D eigenvalue weighted by Gasteiger charge is 2.23. The van der Waals surface area contributed by atoms with Crippen LogP contribution in [0.4, 0.5) is 5.69 Å². The van der Waals surface area contributed by atoms with E-state index in [2.05, 4.69) is 27.9 Å². The Hall–Kier alpha value is -2.12. The van der Waals surface area contributed by atoms with Crippen LogP contribution in [0.3, 0.4) is 0 Å². The van der Waals surface area contributed by atoms with Gasteiger partial charge in [-0.25, -0.2) is 4.99 Å². The lowest BCUT2D eigenvalue weighted by atomic mass is 10.1. The lowest BCUT2D eigenvalue weighted by Gasteiger charge is -2.16. The minimum Gasteiger partial charge on any atom is -0.376 e. The Kier molecular flexibility index (Phi) is 10.1. The average molecular weight is 431 g/mol. The Morgan fingerprint density at radius 3 is 2.71 bits per heavy atom. The fourth-order valence-electron chi connectivity index (χ4n) is 4.07. The SMILES string of the molecule is CCNC(=NCc1cccc(NC(=O)C2CCCO2)c1)NCCOC1CCCCCC1. The molecule has 1 aromatic rings. The molecule has 2 aliphatic rings. The van der Waals surface area contributed by atoms with E-state index >= 15 is 0 Å². The zero-order valence-corrected chi connectivity index (χ0v) is 18.8. The maximum atomic E-state index is 12.3. The van der Waals surface area contributed by atoms with Gasteiger partial charge in [-0.15, -0.1) is 0 Å². The van der Waals surface area contributed by atoms with Crippen LogP contribution < -0.4 is 16.0 Å². The largest absolute Gasteiger partial charge is 0.376 e. The Balaban J connectivity index is 1.44. The van der Waals surface area contributed by atoms with Crippen LogP contribution >= 0.6 is 0 Å². The number of hydrogen-bond donors (Lipinski definition) is 3. The molecule has 1 amide bonds. The minimum absolute atomic E-state index is 0.0678. The molecule has 1 aliphatic heterocycles. The molecule has 7 nitrogen and oxygen atoms in total. The molecule has 0 radical (unpaired) electrons. The summed E-state index contributed by atoms with van der Waals surface area (Å²) in [7, 11) is 0. The molecule has 1 unspecified atom stereocenters. The summed E-state index contributed by atoms with van der Waals surface area (Å²) in [6.45, 7) is 5.48. The summed E-state index contributed by atoms with van der Waals surface area (Å²) in [6.07, 6.45) is 9.45. The Labute approximate surface area is 186 Å². The van der Waals surface area contributed by atoms with Crippen molar-refractivity contribution in [2.45, 2.75) is 77.0 Å². The third-order valence-electron chi connectivity index (χ3n) is 5.73. The van der Waals surface area contributed by atoms with Gasteiger partial charge in [0.1, 0.15) is 6.10 Å². The van der Waals surface area contributed by atoms with Gasteiger partial charge in [-0.1, -0.05) is 37.8 Å². The number of guanidine groups is 1. The van der Waals surface area contributed by atoms with Crippen molar-refractivity contribution in [2.24, 2.45) is 4.99 Å². The topological polar surface area (TPSA) is 84.0 Å². The monoisotopic (exact) mass is 430 g/mol. The second-order valence-electron chi connectivity index (χ2n) is 8.30. The van der Waals surface area contributed by atoms with Crippen LogP contribution in [0.2, 0.25) is 0 Å². The van der Waals surface area contributed by atoms with E-state index in [9.17, 15) is 4.79 Å². The number of aliphatic imine (C=N–C) groups is 1. The quantitative estimate of drug-likeness (QED) is 0.241. The van der Waals surface area contributed by atoms with Crippen LogP contribution in [0.5, 0.6) is 0 Å². The zero-order valence-electron chi connectivity index (χ0n) is 18.8. The Morgan fingerprint density at radius 1 is 1.13 bits per heavy atom. The smallest absolute Gasteiger partial charge is 0.253 e. The second kappa shape index (κ2) is 13.3. The van der Waals surface area contributed by atoms with Gasteiger partial charge in [-0.3, -0.25) is 4.79 Å². The number of nitrogens with zero attached hydrogens (tertiary/aromatic N) is 1. The van der Waals surface area contributed by atoms with Crippen molar-refractivity contribution in [1.29, 1.82) is 0 Å². The van der Waals surface area contributed by atoms with Gasteiger partial charge in [0.05, 0.1) is 19.3 Å². The summed E-state index contributed by atoms with van der Waals surface area (Å²) in [6, 6.07) is 7.82. The van der Waals surface area contributed by atoms with Crippen molar-refractivity contribution < 1.29 is 14.3 Å². The molecule has 172 valence electrons. The van der Waals surface area contributed by atoms with Crippen molar-refractivity contribution in [3.05, 3.63) is 29.8 Å². The first kappa shape index (κ1) is 23.5. The molecule has 7 heteroatoms. The van der Waals surface area contributed by atoms with Crippen LogP contribution in [-0.4, -0.2) is 50.4 Å². The molecule has 3 rings (SSSR count). The minimum atomic E-state index is -0.327. The Bertz CT molecular complexity index is 696. The third-order valence-corrected chi connectivity index (χ3v) is 5.73. The first-order valence-corrected chi connectivity index (χ1v) is 11.9. The molecular weight excluding hydrogens is 392 g/mol. The zero-order chi connectivity index (χ0) is 21.7. The first-order chi connectivity index (χ1) is 15.2. The first-order valence-electron chi connectivity index (χ1n) is 11.9. The van der Waals surface area contributed by atoms with E-state index in [4.69, 9.17) is 9.47 Å². The van der Waals surface area contributed by atoms with E-state index in [0.29, 0.717) is 25.9 Å². The molecule has 1 atom stereocenters. The van der Waals surface area contributed by atoms with E-state index in [1.54, 1.807) is 0 Å². The molecule has 1 saturated heterocycles. The van der Waals surface area contributed by atoms with Crippen molar-refractivity contribution in [1.82, 2.24) is 10.6 Å². The summed E-state index contributed by atoms with van der Waals surface area (Å²) in [5.41, 5.74) is 1.82. The number of amides is 1. The summed E-state index contributed by atoms with van der Waals surface area (Å²) >= 11 is 0. The van der Waals surface area contributed by atoms with Crippen molar-refractivity contribution in [3.63, 3.8) is 0 Å². The highest BCUT2D eigenvalue weighted by atomic mass is 16.5. The standard InChI is InChI=1S/C24H38N4O3/c1-2-25-24(26-14-16-30-21-11-5-3-4-6-12-21)27-18-19-9-7-10-20(17-19)28-23(29)22-13-8-15-31-22/h7,9-10,17,21-22H,2-6,8,11-16,18H2,1H3,(H,28,29)(H2,25,26,27). The number of ether oxygens (including phenoxy) is 2. The normalized spacial score (nSPS) is 20.3. The maximum Gasteiger partial charge on any atom is 0.253 e. The van der Waals surface area contributed by atoms with Crippen LogP contribution in [0.1, 0.15) is 63.9 Å². The van der Waals surface area contributed by atoms with E-state index < -0.39 is 0 Å². The highest BCUT2D eigenvalue weighted by Crippen LogP contribution is 2.19. The molecule has 1 aromatic carbocycles. The number of rotatable bonds is 9. The van der Waals surface area contributed by atoms with Gasteiger partial charge in [0.2, 0.25) is 0 Å². The van der Waals surface area contributed by atoms with Crippen LogP contribution in [0, 0.1) is 0 Å². The number of hydrogen-bond acceptors (Lipinski definition) is 4. The van der Waals surface area contributed by atoms with Crippen LogP contribution in [0.25, 0.3) is 0 Å². The fraction of sp³-hybridized carbons (Fsp3) is 0.667. The van der Waals surface area contributed by atoms with Crippen LogP contribution in [0.15, 0.2) is 29.3 Å². The van der Waals surface area contributed by atoms with Gasteiger partial charge < -0.3 is 25.4 Å². The Morgan fingerprint density at radius 2 is 1.97 bits per heavy atom. The van der Waals surface area contributed by atoms with Gasteiger partial charge in [-0.2, -0.15) is 0 Å². The van der Waals surface area contributed by atoms with E-state index in [1.165, 1.54) is 38.5 Å². The van der Waals surface area contributed by atoms with Crippen molar-refractivity contribution >= 4 is 17.6 Å². The van der Waals surface area contributed by atoms with Crippen LogP contribution in [-0.2, 0) is 20.8 Å².